The first kappa shape index (κ1) is 6.81. The minimum atomic E-state index is 0.465. The summed E-state index contributed by atoms with van der Waals surface area (Å²) in [5, 5.41) is 3.35. The summed E-state index contributed by atoms with van der Waals surface area (Å²) in [6.07, 6.45) is 5.68. The van der Waals surface area contributed by atoms with E-state index in [2.05, 4.69) is 31.3 Å². The molecule has 0 amide bonds. The third-order valence-electron chi connectivity index (χ3n) is 1.70. The molecule has 1 heteroatoms. The van der Waals surface area contributed by atoms with E-state index in [9.17, 15) is 0 Å². The molecule has 0 saturated heterocycles. The Labute approximate surface area is 57.1 Å². The third kappa shape index (κ3) is 2.19. The van der Waals surface area contributed by atoms with Crippen molar-refractivity contribution in [2.24, 2.45) is 5.41 Å². The van der Waals surface area contributed by atoms with Gasteiger partial charge in [0.25, 0.3) is 0 Å². The smallest absolute Gasteiger partial charge is 0.0135 e. The Morgan fingerprint density at radius 2 is 2.11 bits per heavy atom. The van der Waals surface area contributed by atoms with Gasteiger partial charge in [-0.15, -0.1) is 0 Å². The molecular formula is C8H15N. The fourth-order valence-electron chi connectivity index (χ4n) is 1.05. The topological polar surface area (TPSA) is 12.0 Å². The maximum absolute atomic E-state index is 3.35. The predicted molar refractivity (Wildman–Crippen MR) is 40.4 cm³/mol. The minimum Gasteiger partial charge on any atom is -0.313 e. The van der Waals surface area contributed by atoms with Crippen LogP contribution in [0.2, 0.25) is 0 Å². The summed E-state index contributed by atoms with van der Waals surface area (Å²) in [6.45, 7) is 6.76. The van der Waals surface area contributed by atoms with Crippen LogP contribution in [0.4, 0.5) is 0 Å². The first-order chi connectivity index (χ1) is 4.21. The van der Waals surface area contributed by atoms with Gasteiger partial charge in [0.1, 0.15) is 0 Å². The van der Waals surface area contributed by atoms with E-state index < -0.39 is 0 Å². The van der Waals surface area contributed by atoms with E-state index >= 15 is 0 Å². The molecule has 0 aromatic heterocycles. The van der Waals surface area contributed by atoms with Crippen molar-refractivity contribution in [2.75, 3.05) is 13.1 Å². The SMILES string of the molecule is CC1(C)CC=CCNC1. The largest absolute Gasteiger partial charge is 0.313 e. The van der Waals surface area contributed by atoms with E-state index in [-0.39, 0.29) is 0 Å². The maximum Gasteiger partial charge on any atom is 0.0135 e. The van der Waals surface area contributed by atoms with Crippen LogP contribution in [0.25, 0.3) is 0 Å². The summed E-state index contributed by atoms with van der Waals surface area (Å²) in [4.78, 5) is 0. The highest BCUT2D eigenvalue weighted by atomic mass is 14.9. The van der Waals surface area contributed by atoms with Crippen LogP contribution < -0.4 is 5.32 Å². The molecule has 0 spiro atoms. The second kappa shape index (κ2) is 2.53. The summed E-state index contributed by atoms with van der Waals surface area (Å²) in [7, 11) is 0. The van der Waals surface area contributed by atoms with Gasteiger partial charge in [-0.05, 0) is 11.8 Å². The Bertz CT molecular complexity index is 114. The van der Waals surface area contributed by atoms with Crippen molar-refractivity contribution in [3.8, 4) is 0 Å². The monoisotopic (exact) mass is 125 g/mol. The first-order valence-corrected chi connectivity index (χ1v) is 3.56. The molecule has 0 saturated carbocycles. The molecule has 1 aliphatic rings. The highest BCUT2D eigenvalue weighted by Crippen LogP contribution is 2.20. The van der Waals surface area contributed by atoms with Gasteiger partial charge in [0.05, 0.1) is 0 Å². The van der Waals surface area contributed by atoms with Crippen LogP contribution in [-0.4, -0.2) is 13.1 Å². The van der Waals surface area contributed by atoms with E-state index in [0.717, 1.165) is 13.1 Å². The molecule has 0 bridgehead atoms. The molecule has 9 heavy (non-hydrogen) atoms. The fourth-order valence-corrected chi connectivity index (χ4v) is 1.05. The normalized spacial score (nSPS) is 25.6. The zero-order valence-electron chi connectivity index (χ0n) is 6.28. The van der Waals surface area contributed by atoms with Gasteiger partial charge in [-0.25, -0.2) is 0 Å². The van der Waals surface area contributed by atoms with E-state index in [1.54, 1.807) is 0 Å². The van der Waals surface area contributed by atoms with Crippen LogP contribution in [0, 0.1) is 5.41 Å². The summed E-state index contributed by atoms with van der Waals surface area (Å²) >= 11 is 0. The molecule has 1 aliphatic heterocycles. The average molecular weight is 125 g/mol. The molecule has 0 aliphatic carbocycles. The molecule has 0 radical (unpaired) electrons. The lowest BCUT2D eigenvalue weighted by molar-refractivity contribution is 0.359. The molecule has 0 atom stereocenters. The summed E-state index contributed by atoms with van der Waals surface area (Å²) < 4.78 is 0. The maximum atomic E-state index is 3.35. The van der Waals surface area contributed by atoms with E-state index in [0.29, 0.717) is 5.41 Å². The van der Waals surface area contributed by atoms with Crippen molar-refractivity contribution >= 4 is 0 Å². The van der Waals surface area contributed by atoms with Crippen molar-refractivity contribution in [1.82, 2.24) is 5.32 Å². The Balaban J connectivity index is 2.48. The highest BCUT2D eigenvalue weighted by Gasteiger charge is 2.15. The summed E-state index contributed by atoms with van der Waals surface area (Å²) in [5.74, 6) is 0. The van der Waals surface area contributed by atoms with Gasteiger partial charge in [0.15, 0.2) is 0 Å². The zero-order chi connectivity index (χ0) is 6.74. The standard InChI is InChI=1S/C8H15N/c1-8(2)5-3-4-6-9-7-8/h3-4,9H,5-7H2,1-2H3. The lowest BCUT2D eigenvalue weighted by Gasteiger charge is -2.20. The molecule has 1 nitrogen and oxygen atoms in total. The van der Waals surface area contributed by atoms with Gasteiger partial charge in [-0.1, -0.05) is 26.0 Å². The number of hydrogen-bond donors (Lipinski definition) is 1. The van der Waals surface area contributed by atoms with E-state index in [1.807, 2.05) is 0 Å². The van der Waals surface area contributed by atoms with E-state index in [1.165, 1.54) is 6.42 Å². The number of hydrogen-bond acceptors (Lipinski definition) is 1. The number of nitrogens with one attached hydrogen (secondary N) is 1. The predicted octanol–water partition coefficient (Wildman–Crippen LogP) is 1.56. The number of rotatable bonds is 0. The lowest BCUT2D eigenvalue weighted by Crippen LogP contribution is -2.27. The Morgan fingerprint density at radius 3 is 2.89 bits per heavy atom. The van der Waals surface area contributed by atoms with Crippen molar-refractivity contribution in [3.05, 3.63) is 12.2 Å². The molecule has 1 rings (SSSR count). The second-order valence-corrected chi connectivity index (χ2v) is 3.47. The van der Waals surface area contributed by atoms with E-state index in [4.69, 9.17) is 0 Å². The molecule has 1 heterocycles. The average Bonchev–Trinajstić information content (AvgIpc) is 1.92. The summed E-state index contributed by atoms with van der Waals surface area (Å²) in [6, 6.07) is 0. The van der Waals surface area contributed by atoms with Crippen molar-refractivity contribution in [3.63, 3.8) is 0 Å². The van der Waals surface area contributed by atoms with Crippen LogP contribution in [-0.2, 0) is 0 Å². The Hall–Kier alpha value is -0.300. The first-order valence-electron chi connectivity index (χ1n) is 3.56. The zero-order valence-corrected chi connectivity index (χ0v) is 6.28. The molecule has 1 N–H and O–H groups in total. The van der Waals surface area contributed by atoms with Gasteiger partial charge < -0.3 is 5.32 Å². The third-order valence-corrected chi connectivity index (χ3v) is 1.70. The van der Waals surface area contributed by atoms with Crippen LogP contribution >= 0.6 is 0 Å². The molecule has 0 aromatic carbocycles. The minimum absolute atomic E-state index is 0.465. The van der Waals surface area contributed by atoms with Gasteiger partial charge in [-0.3, -0.25) is 0 Å². The van der Waals surface area contributed by atoms with Gasteiger partial charge in [0, 0.05) is 13.1 Å². The van der Waals surface area contributed by atoms with Gasteiger partial charge in [-0.2, -0.15) is 0 Å². The molecule has 0 unspecified atom stereocenters. The number of allylic oxidation sites excluding steroid dienone is 1. The van der Waals surface area contributed by atoms with Gasteiger partial charge >= 0.3 is 0 Å². The molecule has 0 aromatic rings. The molecular weight excluding hydrogens is 110 g/mol. The second-order valence-electron chi connectivity index (χ2n) is 3.47. The van der Waals surface area contributed by atoms with Crippen LogP contribution in [0.15, 0.2) is 12.2 Å². The Kier molecular flexibility index (Phi) is 1.91. The highest BCUT2D eigenvalue weighted by molar-refractivity contribution is 4.93. The van der Waals surface area contributed by atoms with Crippen LogP contribution in [0.1, 0.15) is 20.3 Å². The van der Waals surface area contributed by atoms with Crippen LogP contribution in [0.3, 0.4) is 0 Å². The Morgan fingerprint density at radius 1 is 1.33 bits per heavy atom. The van der Waals surface area contributed by atoms with Crippen LogP contribution in [0.5, 0.6) is 0 Å². The fraction of sp³-hybridized carbons (Fsp3) is 0.750. The van der Waals surface area contributed by atoms with Crippen molar-refractivity contribution in [2.45, 2.75) is 20.3 Å². The van der Waals surface area contributed by atoms with Crippen molar-refractivity contribution in [1.29, 1.82) is 0 Å². The molecule has 52 valence electrons. The molecule has 0 fully saturated rings. The van der Waals surface area contributed by atoms with Gasteiger partial charge in [0.2, 0.25) is 0 Å². The lowest BCUT2D eigenvalue weighted by atomic mass is 9.90. The summed E-state index contributed by atoms with van der Waals surface area (Å²) in [5.41, 5.74) is 0.465. The van der Waals surface area contributed by atoms with Crippen molar-refractivity contribution < 1.29 is 0 Å². The quantitative estimate of drug-likeness (QED) is 0.484.